The van der Waals surface area contributed by atoms with Crippen molar-refractivity contribution in [3.63, 3.8) is 0 Å². The Hall–Kier alpha value is -2.24. The molecular weight excluding hydrogens is 284 g/mol. The third-order valence-corrected chi connectivity index (χ3v) is 4.40. The highest BCUT2D eigenvalue weighted by Gasteiger charge is 2.31. The fourth-order valence-corrected chi connectivity index (χ4v) is 3.01. The topological polar surface area (TPSA) is 81.9 Å². The largest absolute Gasteiger partial charge is 0.454 e. The zero-order valence-electron chi connectivity index (χ0n) is 12.6. The lowest BCUT2D eigenvalue weighted by Crippen LogP contribution is -2.49. The summed E-state index contributed by atoms with van der Waals surface area (Å²) in [4.78, 5) is 25.7. The monoisotopic (exact) mass is 304 g/mol. The smallest absolute Gasteiger partial charge is 0.231 e. The van der Waals surface area contributed by atoms with Gasteiger partial charge in [-0.1, -0.05) is 6.07 Å². The van der Waals surface area contributed by atoms with Crippen LogP contribution in [0.2, 0.25) is 0 Å². The van der Waals surface area contributed by atoms with Gasteiger partial charge in [0, 0.05) is 12.6 Å². The van der Waals surface area contributed by atoms with Crippen LogP contribution in [0.15, 0.2) is 18.2 Å². The van der Waals surface area contributed by atoms with Gasteiger partial charge in [-0.15, -0.1) is 0 Å². The lowest BCUT2D eigenvalue weighted by molar-refractivity contribution is -0.136. The normalized spacial score (nSPS) is 23.4. The van der Waals surface area contributed by atoms with Crippen molar-refractivity contribution in [2.24, 2.45) is 11.7 Å². The number of nitrogens with two attached hydrogens (primary N) is 1. The highest BCUT2D eigenvalue weighted by atomic mass is 16.7. The van der Waals surface area contributed by atoms with Crippen LogP contribution in [0.5, 0.6) is 11.5 Å². The summed E-state index contributed by atoms with van der Waals surface area (Å²) in [5, 5.41) is 0. The lowest BCUT2D eigenvalue weighted by atomic mass is 9.92. The zero-order valence-corrected chi connectivity index (χ0v) is 12.6. The van der Waals surface area contributed by atoms with E-state index in [1.807, 2.05) is 25.1 Å². The van der Waals surface area contributed by atoms with Crippen molar-refractivity contribution in [2.75, 3.05) is 13.3 Å². The van der Waals surface area contributed by atoms with E-state index in [1.165, 1.54) is 0 Å². The highest BCUT2D eigenvalue weighted by Crippen LogP contribution is 2.33. The van der Waals surface area contributed by atoms with E-state index in [2.05, 4.69) is 0 Å². The fraction of sp³-hybridized carbons (Fsp3) is 0.500. The summed E-state index contributed by atoms with van der Waals surface area (Å²) < 4.78 is 10.6. The van der Waals surface area contributed by atoms with Crippen LogP contribution in [0.1, 0.15) is 25.3 Å². The quantitative estimate of drug-likeness (QED) is 0.905. The number of benzene rings is 1. The molecule has 1 aromatic rings. The SMILES string of the molecule is C[C@@H]1CC[C@@H](C(N)=O)CN1C(=O)Cc1ccc2c(c1)OCO2. The first-order chi connectivity index (χ1) is 10.5. The summed E-state index contributed by atoms with van der Waals surface area (Å²) in [5.41, 5.74) is 6.26. The van der Waals surface area contributed by atoms with E-state index in [9.17, 15) is 9.59 Å². The summed E-state index contributed by atoms with van der Waals surface area (Å²) in [6, 6.07) is 5.65. The van der Waals surface area contributed by atoms with Gasteiger partial charge in [-0.3, -0.25) is 9.59 Å². The number of fused-ring (bicyclic) bond motifs is 1. The van der Waals surface area contributed by atoms with Gasteiger partial charge in [0.1, 0.15) is 0 Å². The molecule has 2 N–H and O–H groups in total. The summed E-state index contributed by atoms with van der Waals surface area (Å²) in [6.45, 7) is 2.64. The van der Waals surface area contributed by atoms with Crippen molar-refractivity contribution < 1.29 is 19.1 Å². The number of amides is 2. The number of primary amides is 1. The Morgan fingerprint density at radius 1 is 1.27 bits per heavy atom. The molecule has 0 aliphatic carbocycles. The van der Waals surface area contributed by atoms with E-state index in [0.717, 1.165) is 18.4 Å². The Morgan fingerprint density at radius 3 is 2.82 bits per heavy atom. The van der Waals surface area contributed by atoms with Gasteiger partial charge >= 0.3 is 0 Å². The van der Waals surface area contributed by atoms with Crippen LogP contribution in [0.3, 0.4) is 0 Å². The van der Waals surface area contributed by atoms with Gasteiger partial charge in [0.25, 0.3) is 0 Å². The maximum atomic E-state index is 12.5. The van der Waals surface area contributed by atoms with Gasteiger partial charge in [-0.2, -0.15) is 0 Å². The highest BCUT2D eigenvalue weighted by molar-refractivity contribution is 5.82. The molecule has 118 valence electrons. The molecular formula is C16H20N2O4. The van der Waals surface area contributed by atoms with Crippen LogP contribution in [0.25, 0.3) is 0 Å². The standard InChI is InChI=1S/C16H20N2O4/c1-10-2-4-12(16(17)20)8-18(10)15(19)7-11-3-5-13-14(6-11)22-9-21-13/h3,5-6,10,12H,2,4,7-9H2,1H3,(H2,17,20)/t10-,12-/m1/s1. The van der Waals surface area contributed by atoms with Crippen LogP contribution in [-0.4, -0.2) is 36.1 Å². The molecule has 0 unspecified atom stereocenters. The Bertz CT molecular complexity index is 602. The van der Waals surface area contributed by atoms with Crippen molar-refractivity contribution in [2.45, 2.75) is 32.2 Å². The number of ether oxygens (including phenoxy) is 2. The van der Waals surface area contributed by atoms with E-state index >= 15 is 0 Å². The minimum atomic E-state index is -0.326. The number of nitrogens with zero attached hydrogens (tertiary/aromatic N) is 1. The second-order valence-electron chi connectivity index (χ2n) is 5.94. The number of hydrogen-bond donors (Lipinski definition) is 1. The Kier molecular flexibility index (Phi) is 3.92. The fourth-order valence-electron chi connectivity index (χ4n) is 3.01. The Labute approximate surface area is 129 Å². The first-order valence-electron chi connectivity index (χ1n) is 7.52. The number of carbonyl (C=O) groups is 2. The van der Waals surface area contributed by atoms with E-state index < -0.39 is 0 Å². The van der Waals surface area contributed by atoms with Gasteiger partial charge < -0.3 is 20.1 Å². The third-order valence-electron chi connectivity index (χ3n) is 4.40. The van der Waals surface area contributed by atoms with E-state index in [0.29, 0.717) is 18.0 Å². The van der Waals surface area contributed by atoms with Gasteiger partial charge in [-0.25, -0.2) is 0 Å². The van der Waals surface area contributed by atoms with E-state index in [4.69, 9.17) is 15.2 Å². The molecule has 1 aromatic carbocycles. The van der Waals surface area contributed by atoms with Crippen molar-refractivity contribution in [1.82, 2.24) is 4.90 Å². The molecule has 2 aliphatic rings. The molecule has 0 bridgehead atoms. The number of hydrogen-bond acceptors (Lipinski definition) is 4. The lowest BCUT2D eigenvalue weighted by Gasteiger charge is -2.37. The van der Waals surface area contributed by atoms with Gasteiger partial charge in [0.15, 0.2) is 11.5 Å². The zero-order chi connectivity index (χ0) is 15.7. The molecule has 1 saturated heterocycles. The van der Waals surface area contributed by atoms with Crippen molar-refractivity contribution in [1.29, 1.82) is 0 Å². The average molecular weight is 304 g/mol. The summed E-state index contributed by atoms with van der Waals surface area (Å²) >= 11 is 0. The third kappa shape index (κ3) is 2.86. The molecule has 6 heteroatoms. The van der Waals surface area contributed by atoms with E-state index in [-0.39, 0.29) is 37.0 Å². The molecule has 3 rings (SSSR count). The number of carbonyl (C=O) groups excluding carboxylic acids is 2. The van der Waals surface area contributed by atoms with Gasteiger partial charge in [0.2, 0.25) is 18.6 Å². The summed E-state index contributed by atoms with van der Waals surface area (Å²) in [7, 11) is 0. The number of rotatable bonds is 3. The van der Waals surface area contributed by atoms with Crippen LogP contribution in [-0.2, 0) is 16.0 Å². The number of likely N-dealkylation sites (tertiary alicyclic amines) is 1. The van der Waals surface area contributed by atoms with Gasteiger partial charge in [-0.05, 0) is 37.5 Å². The predicted octanol–water partition coefficient (Wildman–Crippen LogP) is 1.07. The minimum absolute atomic E-state index is 0.0114. The Morgan fingerprint density at radius 2 is 2.05 bits per heavy atom. The first-order valence-corrected chi connectivity index (χ1v) is 7.52. The average Bonchev–Trinajstić information content (AvgIpc) is 2.94. The van der Waals surface area contributed by atoms with Gasteiger partial charge in [0.05, 0.1) is 12.3 Å². The molecule has 6 nitrogen and oxygen atoms in total. The molecule has 0 aromatic heterocycles. The summed E-state index contributed by atoms with van der Waals surface area (Å²) in [5.74, 6) is 0.824. The van der Waals surface area contributed by atoms with E-state index in [1.54, 1.807) is 4.90 Å². The predicted molar refractivity (Wildman–Crippen MR) is 79.4 cm³/mol. The molecule has 1 fully saturated rings. The van der Waals surface area contributed by atoms with Crippen LogP contribution in [0, 0.1) is 5.92 Å². The maximum Gasteiger partial charge on any atom is 0.231 e. The van der Waals surface area contributed by atoms with Crippen molar-refractivity contribution in [3.05, 3.63) is 23.8 Å². The Balaban J connectivity index is 1.69. The molecule has 2 heterocycles. The second kappa shape index (κ2) is 5.87. The molecule has 2 amide bonds. The van der Waals surface area contributed by atoms with Crippen LogP contribution < -0.4 is 15.2 Å². The molecule has 0 saturated carbocycles. The van der Waals surface area contributed by atoms with Crippen LogP contribution >= 0.6 is 0 Å². The molecule has 0 spiro atoms. The molecule has 2 atom stereocenters. The second-order valence-corrected chi connectivity index (χ2v) is 5.94. The van der Waals surface area contributed by atoms with Crippen molar-refractivity contribution >= 4 is 11.8 Å². The molecule has 22 heavy (non-hydrogen) atoms. The van der Waals surface area contributed by atoms with Crippen molar-refractivity contribution in [3.8, 4) is 11.5 Å². The first kappa shape index (κ1) is 14.7. The molecule has 0 radical (unpaired) electrons. The number of piperidine rings is 1. The molecule has 2 aliphatic heterocycles. The van der Waals surface area contributed by atoms with Crippen LogP contribution in [0.4, 0.5) is 0 Å². The maximum absolute atomic E-state index is 12.5. The minimum Gasteiger partial charge on any atom is -0.454 e. The summed E-state index contributed by atoms with van der Waals surface area (Å²) in [6.07, 6.45) is 1.84.